The summed E-state index contributed by atoms with van der Waals surface area (Å²) in [4.78, 5) is 14.5. The van der Waals surface area contributed by atoms with E-state index in [0.717, 1.165) is 25.2 Å². The molecule has 0 bridgehead atoms. The second-order valence-corrected chi connectivity index (χ2v) is 6.11. The first-order valence-electron chi connectivity index (χ1n) is 7.29. The molecule has 1 heterocycles. The summed E-state index contributed by atoms with van der Waals surface area (Å²) in [5, 5.41) is 6.45. The van der Waals surface area contributed by atoms with Crippen LogP contribution in [0.15, 0.2) is 30.3 Å². The van der Waals surface area contributed by atoms with E-state index in [9.17, 15) is 4.79 Å². The standard InChI is InChI=1S/C16H25N3O/c1-13(14-7-5-4-6-8-14)18-15(20)11-19-10-9-17-12-16(19,2)3/h4-8,13,17H,9-12H2,1-3H3,(H,18,20). The van der Waals surface area contributed by atoms with Gasteiger partial charge in [0.25, 0.3) is 0 Å². The molecule has 1 aliphatic heterocycles. The maximum atomic E-state index is 12.2. The molecule has 2 rings (SSSR count). The van der Waals surface area contributed by atoms with Gasteiger partial charge in [-0.2, -0.15) is 0 Å². The summed E-state index contributed by atoms with van der Waals surface area (Å²) in [5.41, 5.74) is 1.17. The summed E-state index contributed by atoms with van der Waals surface area (Å²) in [5.74, 6) is 0.0938. The van der Waals surface area contributed by atoms with Crippen molar-refractivity contribution in [2.24, 2.45) is 0 Å². The van der Waals surface area contributed by atoms with E-state index >= 15 is 0 Å². The Bertz CT molecular complexity index is 444. The highest BCUT2D eigenvalue weighted by Crippen LogP contribution is 2.16. The van der Waals surface area contributed by atoms with Gasteiger partial charge in [-0.15, -0.1) is 0 Å². The average molecular weight is 275 g/mol. The second kappa shape index (κ2) is 6.37. The van der Waals surface area contributed by atoms with E-state index in [1.54, 1.807) is 0 Å². The Morgan fingerprint density at radius 1 is 1.40 bits per heavy atom. The Kier molecular flexibility index (Phi) is 4.78. The van der Waals surface area contributed by atoms with E-state index in [2.05, 4.69) is 29.4 Å². The number of rotatable bonds is 4. The maximum Gasteiger partial charge on any atom is 0.234 e. The molecule has 0 aromatic heterocycles. The lowest BCUT2D eigenvalue weighted by Gasteiger charge is -2.42. The summed E-state index contributed by atoms with van der Waals surface area (Å²) in [6.07, 6.45) is 0. The molecule has 1 atom stereocenters. The molecule has 1 fully saturated rings. The molecule has 4 nitrogen and oxygen atoms in total. The van der Waals surface area contributed by atoms with Crippen molar-refractivity contribution >= 4 is 5.91 Å². The van der Waals surface area contributed by atoms with E-state index in [1.807, 2.05) is 37.3 Å². The average Bonchev–Trinajstić information content (AvgIpc) is 2.42. The SMILES string of the molecule is CC(NC(=O)CN1CCNCC1(C)C)c1ccccc1. The van der Waals surface area contributed by atoms with Gasteiger partial charge in [0.2, 0.25) is 5.91 Å². The van der Waals surface area contributed by atoms with Crippen molar-refractivity contribution in [1.29, 1.82) is 0 Å². The second-order valence-electron chi connectivity index (χ2n) is 6.11. The van der Waals surface area contributed by atoms with E-state index in [-0.39, 0.29) is 17.5 Å². The Hall–Kier alpha value is -1.39. The third-order valence-corrected chi connectivity index (χ3v) is 3.98. The largest absolute Gasteiger partial charge is 0.348 e. The zero-order valence-corrected chi connectivity index (χ0v) is 12.6. The fourth-order valence-corrected chi connectivity index (χ4v) is 2.60. The van der Waals surface area contributed by atoms with Crippen LogP contribution in [-0.2, 0) is 4.79 Å². The molecule has 0 saturated carbocycles. The van der Waals surface area contributed by atoms with E-state index in [1.165, 1.54) is 0 Å². The van der Waals surface area contributed by atoms with Crippen molar-refractivity contribution in [2.45, 2.75) is 32.4 Å². The molecule has 0 radical (unpaired) electrons. The van der Waals surface area contributed by atoms with E-state index in [4.69, 9.17) is 0 Å². The predicted molar refractivity (Wildman–Crippen MR) is 81.5 cm³/mol. The monoisotopic (exact) mass is 275 g/mol. The third-order valence-electron chi connectivity index (χ3n) is 3.98. The van der Waals surface area contributed by atoms with Crippen LogP contribution in [0, 0.1) is 0 Å². The minimum absolute atomic E-state index is 0.0333. The highest BCUT2D eigenvalue weighted by atomic mass is 16.2. The number of nitrogens with zero attached hydrogens (tertiary/aromatic N) is 1. The van der Waals surface area contributed by atoms with Crippen molar-refractivity contribution < 1.29 is 4.79 Å². The minimum atomic E-state index is 0.0333. The zero-order chi connectivity index (χ0) is 14.6. The number of amides is 1. The van der Waals surface area contributed by atoms with Crippen LogP contribution in [0.1, 0.15) is 32.4 Å². The Morgan fingerprint density at radius 3 is 2.75 bits per heavy atom. The van der Waals surface area contributed by atoms with Crippen LogP contribution in [0.2, 0.25) is 0 Å². The third kappa shape index (κ3) is 3.81. The predicted octanol–water partition coefficient (Wildman–Crippen LogP) is 1.55. The molecule has 1 amide bonds. The van der Waals surface area contributed by atoms with Crippen molar-refractivity contribution in [2.75, 3.05) is 26.2 Å². The molecule has 110 valence electrons. The van der Waals surface area contributed by atoms with Crippen LogP contribution in [0.25, 0.3) is 0 Å². The van der Waals surface area contributed by atoms with Crippen LogP contribution < -0.4 is 10.6 Å². The summed E-state index contributed by atoms with van der Waals surface area (Å²) in [6.45, 7) is 9.63. The van der Waals surface area contributed by atoms with Gasteiger partial charge in [0.1, 0.15) is 0 Å². The highest BCUT2D eigenvalue weighted by molar-refractivity contribution is 5.78. The highest BCUT2D eigenvalue weighted by Gasteiger charge is 2.30. The van der Waals surface area contributed by atoms with Crippen molar-refractivity contribution in [3.8, 4) is 0 Å². The van der Waals surface area contributed by atoms with Gasteiger partial charge in [-0.3, -0.25) is 9.69 Å². The number of nitrogens with one attached hydrogen (secondary N) is 2. The lowest BCUT2D eigenvalue weighted by Crippen LogP contribution is -2.59. The molecular weight excluding hydrogens is 250 g/mol. The number of benzene rings is 1. The fourth-order valence-electron chi connectivity index (χ4n) is 2.60. The molecule has 1 aromatic rings. The number of hydrogen-bond acceptors (Lipinski definition) is 3. The molecule has 0 spiro atoms. The Balaban J connectivity index is 1.89. The Morgan fingerprint density at radius 2 is 2.10 bits per heavy atom. The van der Waals surface area contributed by atoms with Gasteiger partial charge in [-0.25, -0.2) is 0 Å². The first-order valence-corrected chi connectivity index (χ1v) is 7.29. The van der Waals surface area contributed by atoms with Crippen molar-refractivity contribution in [3.05, 3.63) is 35.9 Å². The molecule has 2 N–H and O–H groups in total. The van der Waals surface area contributed by atoms with E-state index < -0.39 is 0 Å². The van der Waals surface area contributed by atoms with E-state index in [0.29, 0.717) is 6.54 Å². The molecule has 1 aliphatic rings. The Labute approximate surface area is 121 Å². The first-order chi connectivity index (χ1) is 9.49. The van der Waals surface area contributed by atoms with Crippen molar-refractivity contribution in [1.82, 2.24) is 15.5 Å². The van der Waals surface area contributed by atoms with Crippen LogP contribution >= 0.6 is 0 Å². The zero-order valence-electron chi connectivity index (χ0n) is 12.6. The van der Waals surface area contributed by atoms with Crippen LogP contribution in [-0.4, -0.2) is 42.5 Å². The van der Waals surface area contributed by atoms with Gasteiger partial charge in [0.05, 0.1) is 12.6 Å². The van der Waals surface area contributed by atoms with Gasteiger partial charge < -0.3 is 10.6 Å². The van der Waals surface area contributed by atoms with Gasteiger partial charge in [-0.05, 0) is 26.3 Å². The molecule has 1 aromatic carbocycles. The summed E-state index contributed by atoms with van der Waals surface area (Å²) < 4.78 is 0. The summed E-state index contributed by atoms with van der Waals surface area (Å²) in [6, 6.07) is 10.1. The molecule has 1 unspecified atom stereocenters. The van der Waals surface area contributed by atoms with Crippen LogP contribution in [0.5, 0.6) is 0 Å². The number of hydrogen-bond donors (Lipinski definition) is 2. The lowest BCUT2D eigenvalue weighted by atomic mass is 10.0. The number of carbonyl (C=O) groups is 1. The van der Waals surface area contributed by atoms with Gasteiger partial charge in [-0.1, -0.05) is 30.3 Å². The smallest absolute Gasteiger partial charge is 0.234 e. The summed E-state index contributed by atoms with van der Waals surface area (Å²) >= 11 is 0. The normalized spacial score (nSPS) is 20.4. The molecule has 0 aliphatic carbocycles. The lowest BCUT2D eigenvalue weighted by molar-refractivity contribution is -0.124. The fraction of sp³-hybridized carbons (Fsp3) is 0.562. The molecule has 4 heteroatoms. The number of carbonyl (C=O) groups excluding carboxylic acids is 1. The van der Waals surface area contributed by atoms with Crippen LogP contribution in [0.3, 0.4) is 0 Å². The minimum Gasteiger partial charge on any atom is -0.348 e. The van der Waals surface area contributed by atoms with Gasteiger partial charge in [0, 0.05) is 25.2 Å². The molecule has 20 heavy (non-hydrogen) atoms. The summed E-state index contributed by atoms with van der Waals surface area (Å²) in [7, 11) is 0. The van der Waals surface area contributed by atoms with Crippen molar-refractivity contribution in [3.63, 3.8) is 0 Å². The van der Waals surface area contributed by atoms with Crippen LogP contribution in [0.4, 0.5) is 0 Å². The first kappa shape index (κ1) is 15.0. The molecular formula is C16H25N3O. The molecule has 1 saturated heterocycles. The van der Waals surface area contributed by atoms with Gasteiger partial charge in [0.15, 0.2) is 0 Å². The number of piperazine rings is 1. The van der Waals surface area contributed by atoms with Gasteiger partial charge >= 0.3 is 0 Å². The maximum absolute atomic E-state index is 12.2. The quantitative estimate of drug-likeness (QED) is 0.876. The topological polar surface area (TPSA) is 44.4 Å².